The summed E-state index contributed by atoms with van der Waals surface area (Å²) >= 11 is 0. The maximum Gasteiger partial charge on any atom is -0.00159 e. The number of benzene rings is 2. The molecule has 2 aromatic carbocycles. The Morgan fingerprint density at radius 3 is 2.08 bits per heavy atom. The Morgan fingerprint density at radius 1 is 0.958 bits per heavy atom. The van der Waals surface area contributed by atoms with Crippen molar-refractivity contribution in [3.63, 3.8) is 0 Å². The van der Waals surface area contributed by atoms with Crippen LogP contribution in [0.2, 0.25) is 0 Å². The summed E-state index contributed by atoms with van der Waals surface area (Å²) in [6.07, 6.45) is 4.49. The van der Waals surface area contributed by atoms with Crippen LogP contribution in [0, 0.1) is 6.92 Å². The molecule has 1 nitrogen and oxygen atoms in total. The zero-order valence-corrected chi connectivity index (χ0v) is 15.8. The van der Waals surface area contributed by atoms with Gasteiger partial charge in [0, 0.05) is 0 Å². The third kappa shape index (κ3) is 7.14. The highest BCUT2D eigenvalue weighted by Crippen LogP contribution is 2.26. The molecule has 0 N–H and O–H groups in total. The molecule has 0 amide bonds. The van der Waals surface area contributed by atoms with Crippen molar-refractivity contribution in [2.24, 2.45) is 0 Å². The molecule has 0 radical (unpaired) electrons. The van der Waals surface area contributed by atoms with E-state index in [9.17, 15) is 0 Å². The van der Waals surface area contributed by atoms with Gasteiger partial charge in [-0.25, -0.2) is 0 Å². The van der Waals surface area contributed by atoms with Gasteiger partial charge in [0.25, 0.3) is 0 Å². The van der Waals surface area contributed by atoms with E-state index in [1.54, 1.807) is 0 Å². The average molecular weight is 324 g/mol. The molecule has 2 aromatic rings. The Hall–Kier alpha value is -1.86. The van der Waals surface area contributed by atoms with E-state index in [4.69, 9.17) is 0 Å². The quantitative estimate of drug-likeness (QED) is 0.639. The maximum absolute atomic E-state index is 3.67. The molecule has 0 aromatic heterocycles. The van der Waals surface area contributed by atoms with Gasteiger partial charge in [-0.15, -0.1) is 0 Å². The number of likely N-dealkylation sites (tertiary alicyclic amines) is 1. The summed E-state index contributed by atoms with van der Waals surface area (Å²) in [6.45, 7) is 12.2. The Labute approximate surface area is 149 Å². The second kappa shape index (κ2) is 11.6. The molecule has 0 unspecified atom stereocenters. The van der Waals surface area contributed by atoms with Crippen molar-refractivity contribution in [2.75, 3.05) is 20.1 Å². The number of nitrogens with zero attached hydrogens (tertiary/aromatic N) is 1. The minimum Gasteiger partial charge on any atom is -0.306 e. The molecule has 1 aliphatic heterocycles. The molecular weight excluding hydrogens is 290 g/mol. The predicted molar refractivity (Wildman–Crippen MR) is 109 cm³/mol. The summed E-state index contributed by atoms with van der Waals surface area (Å²) < 4.78 is 0. The van der Waals surface area contributed by atoms with Gasteiger partial charge >= 0.3 is 0 Å². The fraction of sp³-hybridized carbons (Fsp3) is 0.391. The monoisotopic (exact) mass is 323 g/mol. The highest BCUT2D eigenvalue weighted by Gasteiger charge is 2.17. The lowest BCUT2D eigenvalue weighted by Gasteiger charge is -2.29. The van der Waals surface area contributed by atoms with Crippen LogP contribution in [-0.2, 0) is 0 Å². The van der Waals surface area contributed by atoms with Crippen LogP contribution in [-0.4, -0.2) is 25.0 Å². The molecule has 1 fully saturated rings. The van der Waals surface area contributed by atoms with E-state index in [1.807, 2.05) is 32.1 Å². The van der Waals surface area contributed by atoms with Gasteiger partial charge < -0.3 is 4.90 Å². The number of hydrogen-bond acceptors (Lipinski definition) is 1. The van der Waals surface area contributed by atoms with Gasteiger partial charge in [0.1, 0.15) is 0 Å². The fourth-order valence-electron chi connectivity index (χ4n) is 2.86. The zero-order chi connectivity index (χ0) is 17.8. The van der Waals surface area contributed by atoms with Crippen LogP contribution in [0.5, 0.6) is 0 Å². The Balaban J connectivity index is 0.000000230. The summed E-state index contributed by atoms with van der Waals surface area (Å²) in [5.41, 5.74) is 4.00. The average Bonchev–Trinajstić information content (AvgIpc) is 2.65. The molecule has 1 heterocycles. The zero-order valence-electron chi connectivity index (χ0n) is 15.8. The normalized spacial score (nSPS) is 14.7. The standard InChI is InChI=1S/C12H17N.C9H10.C2H6/c1-13-9-7-12(8-10-13)11-5-3-2-4-6-11;1-3-9-6-4-5-8(2)7-9;1-2/h2-6,12H,7-10H2,1H3;3-7H,1H2,2H3;1-2H3. The first-order valence-corrected chi connectivity index (χ1v) is 9.11. The van der Waals surface area contributed by atoms with Crippen molar-refractivity contribution in [2.45, 2.75) is 39.5 Å². The smallest absolute Gasteiger partial charge is 0.00159 e. The van der Waals surface area contributed by atoms with Crippen molar-refractivity contribution in [3.05, 3.63) is 77.9 Å². The van der Waals surface area contributed by atoms with Crippen LogP contribution in [0.15, 0.2) is 61.2 Å². The molecular formula is C23H33N. The predicted octanol–water partition coefficient (Wildman–Crippen LogP) is 6.16. The molecule has 24 heavy (non-hydrogen) atoms. The second-order valence-corrected chi connectivity index (χ2v) is 6.11. The molecule has 1 saturated heterocycles. The van der Waals surface area contributed by atoms with E-state index in [0.717, 1.165) is 5.92 Å². The third-order valence-corrected chi connectivity index (χ3v) is 4.27. The van der Waals surface area contributed by atoms with Gasteiger partial charge in [0.2, 0.25) is 0 Å². The van der Waals surface area contributed by atoms with Crippen LogP contribution in [0.1, 0.15) is 49.3 Å². The first-order chi connectivity index (χ1) is 11.7. The lowest BCUT2D eigenvalue weighted by molar-refractivity contribution is 0.255. The van der Waals surface area contributed by atoms with Crippen molar-refractivity contribution in [1.82, 2.24) is 4.90 Å². The number of rotatable bonds is 2. The van der Waals surface area contributed by atoms with Crippen LogP contribution in [0.4, 0.5) is 0 Å². The summed E-state index contributed by atoms with van der Waals surface area (Å²) in [5.74, 6) is 0.803. The molecule has 3 rings (SSSR count). The number of piperidine rings is 1. The summed E-state index contributed by atoms with van der Waals surface area (Å²) in [7, 11) is 2.21. The van der Waals surface area contributed by atoms with Crippen LogP contribution < -0.4 is 0 Å². The van der Waals surface area contributed by atoms with Crippen LogP contribution in [0.25, 0.3) is 6.08 Å². The van der Waals surface area contributed by atoms with Crippen molar-refractivity contribution in [1.29, 1.82) is 0 Å². The molecule has 130 valence electrons. The maximum atomic E-state index is 3.67. The topological polar surface area (TPSA) is 3.24 Å². The SMILES string of the molecule is C=Cc1cccc(C)c1.CC.CN1CCC(c2ccccc2)CC1. The summed E-state index contributed by atoms with van der Waals surface area (Å²) in [6, 6.07) is 19.2. The molecule has 0 spiro atoms. The molecule has 0 bridgehead atoms. The number of hydrogen-bond donors (Lipinski definition) is 0. The first-order valence-electron chi connectivity index (χ1n) is 9.11. The third-order valence-electron chi connectivity index (χ3n) is 4.27. The highest BCUT2D eigenvalue weighted by atomic mass is 15.1. The van der Waals surface area contributed by atoms with Gasteiger partial charge in [-0.3, -0.25) is 0 Å². The first kappa shape index (κ1) is 20.2. The molecule has 0 atom stereocenters. The second-order valence-electron chi connectivity index (χ2n) is 6.11. The van der Waals surface area contributed by atoms with E-state index >= 15 is 0 Å². The minimum absolute atomic E-state index is 0.803. The molecule has 0 aliphatic carbocycles. The van der Waals surface area contributed by atoms with E-state index in [-0.39, 0.29) is 0 Å². The minimum atomic E-state index is 0.803. The van der Waals surface area contributed by atoms with Crippen molar-refractivity contribution >= 4 is 6.08 Å². The van der Waals surface area contributed by atoms with Crippen LogP contribution in [0.3, 0.4) is 0 Å². The summed E-state index contributed by atoms with van der Waals surface area (Å²) in [5, 5.41) is 0. The molecule has 0 saturated carbocycles. The van der Waals surface area contributed by atoms with Crippen molar-refractivity contribution in [3.8, 4) is 0 Å². The van der Waals surface area contributed by atoms with E-state index in [0.29, 0.717) is 0 Å². The van der Waals surface area contributed by atoms with E-state index < -0.39 is 0 Å². The summed E-state index contributed by atoms with van der Waals surface area (Å²) in [4.78, 5) is 2.42. The Kier molecular flexibility index (Phi) is 9.79. The molecule has 1 aliphatic rings. The largest absolute Gasteiger partial charge is 0.306 e. The lowest BCUT2D eigenvalue weighted by Crippen LogP contribution is -2.29. The van der Waals surface area contributed by atoms with E-state index in [2.05, 4.69) is 67.9 Å². The van der Waals surface area contributed by atoms with Gasteiger partial charge in [-0.1, -0.05) is 86.7 Å². The van der Waals surface area contributed by atoms with Crippen LogP contribution >= 0.6 is 0 Å². The highest BCUT2D eigenvalue weighted by molar-refractivity contribution is 5.47. The Morgan fingerprint density at radius 2 is 1.58 bits per heavy atom. The van der Waals surface area contributed by atoms with Crippen molar-refractivity contribution < 1.29 is 0 Å². The molecule has 1 heteroatoms. The van der Waals surface area contributed by atoms with Gasteiger partial charge in [0.15, 0.2) is 0 Å². The van der Waals surface area contributed by atoms with Gasteiger partial charge in [-0.2, -0.15) is 0 Å². The number of aryl methyl sites for hydroxylation is 1. The fourth-order valence-corrected chi connectivity index (χ4v) is 2.86. The van der Waals surface area contributed by atoms with Gasteiger partial charge in [-0.05, 0) is 56.9 Å². The van der Waals surface area contributed by atoms with Gasteiger partial charge in [0.05, 0.1) is 0 Å². The lowest BCUT2D eigenvalue weighted by atomic mass is 9.90. The van der Waals surface area contributed by atoms with E-state index in [1.165, 1.54) is 42.6 Å². The Bertz CT molecular complexity index is 566.